The number of anilines is 3. The van der Waals surface area contributed by atoms with Crippen LogP contribution in [0.3, 0.4) is 0 Å². The molecular formula is C20H22N5O3S-. The molecule has 0 unspecified atom stereocenters. The number of nitrogens with one attached hydrogen (secondary N) is 3. The highest BCUT2D eigenvalue weighted by molar-refractivity contribution is 7.73. The first-order valence-corrected chi connectivity index (χ1v) is 10.0. The van der Waals surface area contributed by atoms with Crippen molar-refractivity contribution in [1.29, 1.82) is 4.78 Å². The van der Waals surface area contributed by atoms with Crippen molar-refractivity contribution in [2.75, 3.05) is 24.4 Å². The average molecular weight is 412 g/mol. The minimum absolute atomic E-state index is 0.0411. The van der Waals surface area contributed by atoms with Gasteiger partial charge < -0.3 is 29.5 Å². The third-order valence-electron chi connectivity index (χ3n) is 4.17. The summed E-state index contributed by atoms with van der Waals surface area (Å²) in [6.45, 7) is 1.81. The Balaban J connectivity index is 1.91. The van der Waals surface area contributed by atoms with Crippen molar-refractivity contribution >= 4 is 28.0 Å². The van der Waals surface area contributed by atoms with Gasteiger partial charge in [0.25, 0.3) is 0 Å². The first-order chi connectivity index (χ1) is 14.0. The maximum Gasteiger partial charge on any atom is 0.229 e. The Bertz CT molecular complexity index is 1030. The van der Waals surface area contributed by atoms with Crippen molar-refractivity contribution in [2.24, 2.45) is 0 Å². The van der Waals surface area contributed by atoms with Gasteiger partial charge in [-0.25, -0.2) is 4.98 Å². The molecule has 0 amide bonds. The summed E-state index contributed by atoms with van der Waals surface area (Å²) < 4.78 is 23.6. The van der Waals surface area contributed by atoms with Crippen LogP contribution >= 0.6 is 0 Å². The predicted octanol–water partition coefficient (Wildman–Crippen LogP) is 3.77. The zero-order chi connectivity index (χ0) is 20.8. The van der Waals surface area contributed by atoms with Crippen LogP contribution in [-0.2, 0) is 14.8 Å². The molecule has 3 rings (SSSR count). The maximum atomic E-state index is 11.2. The number of aliphatic hydroxyl groups is 1. The molecule has 3 aromatic rings. The first kappa shape index (κ1) is 20.6. The van der Waals surface area contributed by atoms with Crippen LogP contribution in [0.15, 0.2) is 59.6 Å². The number of aliphatic hydroxyl groups excluding tert-OH is 1. The minimum Gasteiger partial charge on any atom is -0.497 e. The fraction of sp³-hybridized carbons (Fsp3) is 0.200. The molecule has 1 aromatic heterocycles. The molecule has 0 radical (unpaired) electrons. The smallest absolute Gasteiger partial charge is 0.229 e. The van der Waals surface area contributed by atoms with Crippen molar-refractivity contribution in [3.8, 4) is 16.9 Å². The van der Waals surface area contributed by atoms with Crippen molar-refractivity contribution in [2.45, 2.75) is 17.9 Å². The zero-order valence-corrected chi connectivity index (χ0v) is 16.9. The van der Waals surface area contributed by atoms with Gasteiger partial charge in [-0.15, -0.1) is 0 Å². The number of nitrogens with zero attached hydrogens (tertiary/aromatic N) is 2. The van der Waals surface area contributed by atoms with Crippen LogP contribution in [0.1, 0.15) is 6.92 Å². The Morgan fingerprint density at radius 2 is 1.86 bits per heavy atom. The highest BCUT2D eigenvalue weighted by Crippen LogP contribution is 2.29. The normalized spacial score (nSPS) is 11.9. The Morgan fingerprint density at radius 3 is 2.45 bits per heavy atom. The minimum atomic E-state index is -1.77. The van der Waals surface area contributed by atoms with Crippen LogP contribution in [0, 0.1) is 4.78 Å². The molecule has 0 saturated carbocycles. The lowest BCUT2D eigenvalue weighted by atomic mass is 10.1. The predicted molar refractivity (Wildman–Crippen MR) is 113 cm³/mol. The number of aromatic nitrogens is 2. The van der Waals surface area contributed by atoms with E-state index in [0.29, 0.717) is 22.3 Å². The lowest BCUT2D eigenvalue weighted by Crippen LogP contribution is -2.21. The molecule has 0 saturated heterocycles. The molecule has 1 atom stereocenters. The van der Waals surface area contributed by atoms with Gasteiger partial charge in [0.05, 0.1) is 13.7 Å². The molecule has 0 aliphatic rings. The van der Waals surface area contributed by atoms with Crippen molar-refractivity contribution < 1.29 is 14.1 Å². The first-order valence-electron chi connectivity index (χ1n) is 8.89. The Morgan fingerprint density at radius 1 is 1.17 bits per heavy atom. The van der Waals surface area contributed by atoms with Crippen LogP contribution in [0.4, 0.5) is 17.5 Å². The summed E-state index contributed by atoms with van der Waals surface area (Å²) in [7, 11) is -0.160. The zero-order valence-electron chi connectivity index (χ0n) is 16.0. The topological polar surface area (TPSA) is 120 Å². The van der Waals surface area contributed by atoms with E-state index in [1.807, 2.05) is 31.2 Å². The van der Waals surface area contributed by atoms with Gasteiger partial charge in [-0.3, -0.25) is 0 Å². The lowest BCUT2D eigenvalue weighted by molar-refractivity contribution is 0.281. The summed E-state index contributed by atoms with van der Waals surface area (Å²) in [5.74, 6) is 1.70. The molecule has 9 heteroatoms. The molecule has 2 aromatic carbocycles. The molecule has 0 aliphatic heterocycles. The average Bonchev–Trinajstić information content (AvgIpc) is 2.74. The number of benzene rings is 2. The molecule has 0 bridgehead atoms. The largest absolute Gasteiger partial charge is 0.497 e. The number of ether oxygens (including phenoxy) is 1. The standard InChI is InChI=1S/C20H22N5O3S/c1-13(12-26)23-19-18(14-3-7-16(28-2)8-4-14)11-22-20(25-19)24-15-5-9-17(10-6-15)29(21)27/h3-11,13,21,26H,12H2,1-2H3,(H2,22,23,24,25)/q-1/t13-/m1/s1. The fourth-order valence-corrected chi connectivity index (χ4v) is 2.99. The number of rotatable bonds is 8. The van der Waals surface area contributed by atoms with E-state index < -0.39 is 10.6 Å². The van der Waals surface area contributed by atoms with Crippen molar-refractivity contribution in [3.63, 3.8) is 0 Å². The van der Waals surface area contributed by atoms with Gasteiger partial charge in [0.2, 0.25) is 5.95 Å². The Hall–Kier alpha value is -3.17. The van der Waals surface area contributed by atoms with Gasteiger partial charge in [-0.05, 0) is 36.8 Å². The third kappa shape index (κ3) is 5.21. The number of methoxy groups -OCH3 is 1. The molecule has 1 heterocycles. The van der Waals surface area contributed by atoms with Gasteiger partial charge in [0.15, 0.2) is 0 Å². The molecular weight excluding hydrogens is 390 g/mol. The lowest BCUT2D eigenvalue weighted by Gasteiger charge is -2.17. The summed E-state index contributed by atoms with van der Waals surface area (Å²) in [6, 6.07) is 14.0. The monoisotopic (exact) mass is 412 g/mol. The van der Waals surface area contributed by atoms with Gasteiger partial charge in [-0.2, -0.15) is 15.6 Å². The second-order valence-electron chi connectivity index (χ2n) is 6.33. The van der Waals surface area contributed by atoms with Crippen molar-refractivity contribution in [1.82, 2.24) is 9.97 Å². The molecule has 0 aliphatic carbocycles. The molecule has 0 spiro atoms. The maximum absolute atomic E-state index is 11.2. The van der Waals surface area contributed by atoms with E-state index in [0.717, 1.165) is 16.9 Å². The Labute approximate surface area is 171 Å². The van der Waals surface area contributed by atoms with Gasteiger partial charge in [0, 0.05) is 23.5 Å². The molecule has 29 heavy (non-hydrogen) atoms. The van der Waals surface area contributed by atoms with Crippen molar-refractivity contribution in [3.05, 3.63) is 54.7 Å². The molecule has 152 valence electrons. The highest BCUT2D eigenvalue weighted by Gasteiger charge is 2.12. The summed E-state index contributed by atoms with van der Waals surface area (Å²) in [5, 5.41) is 15.7. The number of hydrogen-bond donors (Lipinski definition) is 4. The van der Waals surface area contributed by atoms with E-state index in [1.54, 1.807) is 37.6 Å². The second-order valence-corrected chi connectivity index (χ2v) is 7.34. The number of hydrogen-bond acceptors (Lipinski definition) is 9. The highest BCUT2D eigenvalue weighted by atomic mass is 32.2. The van der Waals surface area contributed by atoms with E-state index in [-0.39, 0.29) is 12.6 Å². The summed E-state index contributed by atoms with van der Waals surface area (Å²) in [4.78, 5) is 9.37. The summed E-state index contributed by atoms with van der Waals surface area (Å²) in [6.07, 6.45) is 1.71. The second kappa shape index (κ2) is 9.35. The van der Waals surface area contributed by atoms with Gasteiger partial charge in [0.1, 0.15) is 11.6 Å². The van der Waals surface area contributed by atoms with Crippen LogP contribution in [-0.4, -0.2) is 34.8 Å². The SMILES string of the molecule is COc1ccc(-c2cnc(Nc3ccc([S-](=N)=O)cc3)nc2N[C@H](C)CO)cc1. The summed E-state index contributed by atoms with van der Waals surface area (Å²) in [5.41, 5.74) is 2.41. The van der Waals surface area contributed by atoms with Crippen LogP contribution < -0.4 is 15.4 Å². The van der Waals surface area contributed by atoms with Gasteiger partial charge in [-0.1, -0.05) is 29.2 Å². The van der Waals surface area contributed by atoms with E-state index >= 15 is 0 Å². The van der Waals surface area contributed by atoms with E-state index in [2.05, 4.69) is 20.6 Å². The summed E-state index contributed by atoms with van der Waals surface area (Å²) >= 11 is 0. The van der Waals surface area contributed by atoms with E-state index in [4.69, 9.17) is 9.52 Å². The molecule has 4 N–H and O–H groups in total. The van der Waals surface area contributed by atoms with Crippen LogP contribution in [0.25, 0.3) is 11.1 Å². The van der Waals surface area contributed by atoms with Crippen LogP contribution in [0.2, 0.25) is 0 Å². The molecule has 8 nitrogen and oxygen atoms in total. The van der Waals surface area contributed by atoms with Crippen LogP contribution in [0.5, 0.6) is 5.75 Å². The van der Waals surface area contributed by atoms with E-state index in [1.165, 1.54) is 0 Å². The van der Waals surface area contributed by atoms with E-state index in [9.17, 15) is 9.32 Å². The quantitative estimate of drug-likeness (QED) is 0.416. The Kier molecular flexibility index (Phi) is 6.63. The molecule has 0 fully saturated rings. The van der Waals surface area contributed by atoms with Gasteiger partial charge >= 0.3 is 0 Å². The third-order valence-corrected chi connectivity index (χ3v) is 4.87. The fourth-order valence-electron chi connectivity index (χ4n) is 2.60.